The number of rotatable bonds is 16. The molecule has 0 bridgehead atoms. The van der Waals surface area contributed by atoms with E-state index >= 15 is 0 Å². The zero-order chi connectivity index (χ0) is 29.6. The molecule has 0 aromatic heterocycles. The van der Waals surface area contributed by atoms with Gasteiger partial charge in [0.05, 0.1) is 32.5 Å². The standard InChI is InChI=1S/C34H49NO5S/c1-6-25(3)39-23-28(20-26-13-8-7-9-14-26)40-22-27-16-17-30(31(21-27)29-15-11-10-12-24(29)2)33(36)35-32(18-19-41-5)34(37)38-4/h10-12,15-17,21,25-26,28,32H,6-9,13-14,18-20,22-23H2,1-5H3,(H,35,36)/t25?,28-,32-/m0/s1. The number of benzene rings is 2. The Labute approximate surface area is 251 Å². The number of amides is 1. The van der Waals surface area contributed by atoms with Crippen molar-refractivity contribution >= 4 is 23.6 Å². The Hall–Kier alpha value is -2.35. The number of hydrogen-bond acceptors (Lipinski definition) is 6. The highest BCUT2D eigenvalue weighted by molar-refractivity contribution is 7.98. The van der Waals surface area contributed by atoms with Crippen LogP contribution < -0.4 is 5.32 Å². The first-order valence-electron chi connectivity index (χ1n) is 15.2. The number of thioether (sulfide) groups is 1. The van der Waals surface area contributed by atoms with E-state index in [4.69, 9.17) is 14.2 Å². The van der Waals surface area contributed by atoms with Crippen LogP contribution in [0.4, 0.5) is 0 Å². The van der Waals surface area contributed by atoms with E-state index in [2.05, 4.69) is 25.2 Å². The molecule has 3 rings (SSSR count). The molecule has 0 saturated heterocycles. The Morgan fingerprint density at radius 3 is 2.49 bits per heavy atom. The van der Waals surface area contributed by atoms with Gasteiger partial charge >= 0.3 is 5.97 Å². The summed E-state index contributed by atoms with van der Waals surface area (Å²) in [5.74, 6) is 0.712. The maximum atomic E-state index is 13.5. The Morgan fingerprint density at radius 1 is 1.05 bits per heavy atom. The molecule has 0 spiro atoms. The fourth-order valence-electron chi connectivity index (χ4n) is 5.42. The van der Waals surface area contributed by atoms with Crippen molar-refractivity contribution in [1.82, 2.24) is 5.32 Å². The molecule has 3 atom stereocenters. The van der Waals surface area contributed by atoms with Gasteiger partial charge in [0.15, 0.2) is 0 Å². The van der Waals surface area contributed by atoms with Crippen LogP contribution in [0, 0.1) is 12.8 Å². The van der Waals surface area contributed by atoms with Crippen molar-refractivity contribution < 1.29 is 23.8 Å². The third kappa shape index (κ3) is 10.5. The van der Waals surface area contributed by atoms with Crippen molar-refractivity contribution in [3.05, 3.63) is 59.2 Å². The molecule has 1 amide bonds. The van der Waals surface area contributed by atoms with Crippen LogP contribution in [0.3, 0.4) is 0 Å². The van der Waals surface area contributed by atoms with Crippen LogP contribution in [0.15, 0.2) is 42.5 Å². The lowest BCUT2D eigenvalue weighted by Crippen LogP contribution is -2.42. The molecular weight excluding hydrogens is 534 g/mol. The number of carbonyl (C=O) groups excluding carboxylic acids is 2. The van der Waals surface area contributed by atoms with E-state index in [1.54, 1.807) is 11.8 Å². The fourth-order valence-corrected chi connectivity index (χ4v) is 5.89. The molecule has 1 saturated carbocycles. The zero-order valence-corrected chi connectivity index (χ0v) is 26.4. The number of carbonyl (C=O) groups is 2. The minimum Gasteiger partial charge on any atom is -0.467 e. The Balaban J connectivity index is 1.83. The third-order valence-electron chi connectivity index (χ3n) is 8.11. The van der Waals surface area contributed by atoms with Crippen LogP contribution in [-0.2, 0) is 25.6 Å². The molecule has 2 aromatic carbocycles. The summed E-state index contributed by atoms with van der Waals surface area (Å²) in [6, 6.07) is 13.2. The number of methoxy groups -OCH3 is 1. The third-order valence-corrected chi connectivity index (χ3v) is 8.76. The minimum absolute atomic E-state index is 0.0363. The Morgan fingerprint density at radius 2 is 1.80 bits per heavy atom. The van der Waals surface area contributed by atoms with E-state index in [-0.39, 0.29) is 18.1 Å². The minimum atomic E-state index is -0.696. The lowest BCUT2D eigenvalue weighted by atomic mass is 9.85. The molecule has 7 heteroatoms. The summed E-state index contributed by atoms with van der Waals surface area (Å²) in [6.45, 7) is 7.34. The summed E-state index contributed by atoms with van der Waals surface area (Å²) in [5.41, 5.74) is 4.42. The molecule has 41 heavy (non-hydrogen) atoms. The highest BCUT2D eigenvalue weighted by Gasteiger charge is 2.25. The van der Waals surface area contributed by atoms with Gasteiger partial charge in [-0.3, -0.25) is 4.79 Å². The van der Waals surface area contributed by atoms with Crippen molar-refractivity contribution in [1.29, 1.82) is 0 Å². The lowest BCUT2D eigenvalue weighted by molar-refractivity contribution is -0.142. The van der Waals surface area contributed by atoms with Crippen LogP contribution in [0.25, 0.3) is 11.1 Å². The number of aryl methyl sites for hydroxylation is 1. The van der Waals surface area contributed by atoms with Crippen LogP contribution in [0.2, 0.25) is 0 Å². The molecule has 226 valence electrons. The van der Waals surface area contributed by atoms with Crippen molar-refractivity contribution in [2.24, 2.45) is 5.92 Å². The van der Waals surface area contributed by atoms with Crippen molar-refractivity contribution in [2.75, 3.05) is 25.7 Å². The van der Waals surface area contributed by atoms with Gasteiger partial charge in [-0.05, 0) is 85.4 Å². The second-order valence-corrected chi connectivity index (χ2v) is 12.2. The van der Waals surface area contributed by atoms with Gasteiger partial charge in [0.2, 0.25) is 0 Å². The first kappa shape index (κ1) is 33.2. The molecule has 1 aliphatic carbocycles. The molecule has 2 aromatic rings. The average molecular weight is 584 g/mol. The first-order chi connectivity index (χ1) is 19.9. The van der Waals surface area contributed by atoms with Crippen LogP contribution in [-0.4, -0.2) is 55.9 Å². The SMILES string of the molecule is CCC(C)OC[C@H](CC1CCCCC1)OCc1ccc(C(=O)N[C@@H](CCSC)C(=O)OC)c(-c2ccccc2C)c1. The predicted octanol–water partition coefficient (Wildman–Crippen LogP) is 7.36. The summed E-state index contributed by atoms with van der Waals surface area (Å²) >= 11 is 1.63. The van der Waals surface area contributed by atoms with Crippen LogP contribution >= 0.6 is 11.8 Å². The van der Waals surface area contributed by atoms with Gasteiger partial charge in [0, 0.05) is 5.56 Å². The largest absolute Gasteiger partial charge is 0.467 e. The van der Waals surface area contributed by atoms with Gasteiger partial charge in [0.25, 0.3) is 5.91 Å². The molecule has 1 unspecified atom stereocenters. The van der Waals surface area contributed by atoms with Gasteiger partial charge < -0.3 is 19.5 Å². The first-order valence-corrected chi connectivity index (χ1v) is 16.5. The summed E-state index contributed by atoms with van der Waals surface area (Å²) in [4.78, 5) is 25.9. The normalized spacial score (nSPS) is 16.1. The quantitative estimate of drug-likeness (QED) is 0.208. The van der Waals surface area contributed by atoms with E-state index in [1.165, 1.54) is 39.2 Å². The van der Waals surface area contributed by atoms with E-state index in [0.717, 1.165) is 40.8 Å². The Kier molecular flexibility index (Phi) is 14.2. The molecule has 0 aliphatic heterocycles. The summed E-state index contributed by atoms with van der Waals surface area (Å²) in [5, 5.41) is 2.92. The van der Waals surface area contributed by atoms with E-state index in [1.807, 2.05) is 49.6 Å². The van der Waals surface area contributed by atoms with Gasteiger partial charge in [-0.1, -0.05) is 69.4 Å². The van der Waals surface area contributed by atoms with Crippen LogP contribution in [0.5, 0.6) is 0 Å². The molecule has 0 heterocycles. The number of hydrogen-bond donors (Lipinski definition) is 1. The second-order valence-electron chi connectivity index (χ2n) is 11.3. The molecular formula is C34H49NO5S. The van der Waals surface area contributed by atoms with Crippen LogP contribution in [0.1, 0.15) is 86.7 Å². The maximum Gasteiger partial charge on any atom is 0.328 e. The topological polar surface area (TPSA) is 73.9 Å². The average Bonchev–Trinajstić information content (AvgIpc) is 3.00. The number of ether oxygens (including phenoxy) is 3. The number of esters is 1. The summed E-state index contributed by atoms with van der Waals surface area (Å²) in [7, 11) is 1.35. The highest BCUT2D eigenvalue weighted by Crippen LogP contribution is 2.31. The van der Waals surface area contributed by atoms with Gasteiger partial charge in [0.1, 0.15) is 6.04 Å². The van der Waals surface area contributed by atoms with Gasteiger partial charge in [-0.2, -0.15) is 11.8 Å². The smallest absolute Gasteiger partial charge is 0.328 e. The second kappa shape index (κ2) is 17.6. The number of nitrogens with one attached hydrogen (secondary N) is 1. The van der Waals surface area contributed by atoms with E-state index in [0.29, 0.717) is 31.1 Å². The summed E-state index contributed by atoms with van der Waals surface area (Å²) in [6.07, 6.45) is 11.2. The monoisotopic (exact) mass is 583 g/mol. The van der Waals surface area contributed by atoms with Gasteiger partial charge in [-0.25, -0.2) is 4.79 Å². The Bertz CT molecular complexity index is 1100. The highest BCUT2D eigenvalue weighted by atomic mass is 32.2. The predicted molar refractivity (Wildman–Crippen MR) is 168 cm³/mol. The molecule has 1 aliphatic rings. The maximum absolute atomic E-state index is 13.5. The molecule has 1 N–H and O–H groups in total. The summed E-state index contributed by atoms with van der Waals surface area (Å²) < 4.78 is 17.6. The van der Waals surface area contributed by atoms with Gasteiger partial charge in [-0.15, -0.1) is 0 Å². The van der Waals surface area contributed by atoms with Crippen molar-refractivity contribution in [2.45, 2.75) is 97.0 Å². The van der Waals surface area contributed by atoms with Crippen molar-refractivity contribution in [3.63, 3.8) is 0 Å². The van der Waals surface area contributed by atoms with E-state index in [9.17, 15) is 9.59 Å². The van der Waals surface area contributed by atoms with E-state index < -0.39 is 12.0 Å². The molecule has 6 nitrogen and oxygen atoms in total. The fraction of sp³-hybridized carbons (Fsp3) is 0.588. The molecule has 1 fully saturated rings. The molecule has 0 radical (unpaired) electrons. The zero-order valence-electron chi connectivity index (χ0n) is 25.6. The van der Waals surface area contributed by atoms with Crippen molar-refractivity contribution in [3.8, 4) is 11.1 Å². The lowest BCUT2D eigenvalue weighted by Gasteiger charge is -2.27.